The fourth-order valence-corrected chi connectivity index (χ4v) is 2.32. The lowest BCUT2D eigenvalue weighted by Crippen LogP contribution is -2.39. The van der Waals surface area contributed by atoms with Crippen LogP contribution in [0, 0.1) is 5.92 Å². The summed E-state index contributed by atoms with van der Waals surface area (Å²) in [6.45, 7) is 9.79. The molecule has 17 heavy (non-hydrogen) atoms. The molecule has 0 spiro atoms. The summed E-state index contributed by atoms with van der Waals surface area (Å²) in [6.07, 6.45) is 2.58. The number of likely N-dealkylation sites (N-methyl/N-ethyl adjacent to an activating group) is 1. The third-order valence-corrected chi connectivity index (χ3v) is 4.07. The molecule has 1 saturated heterocycles. The molecule has 0 aromatic heterocycles. The van der Waals surface area contributed by atoms with Gasteiger partial charge in [-0.1, -0.05) is 0 Å². The zero-order valence-corrected chi connectivity index (χ0v) is 12.5. The number of nitrogens with zero attached hydrogens (tertiary/aromatic N) is 2. The highest BCUT2D eigenvalue weighted by Gasteiger charge is 2.20. The fourth-order valence-electron chi connectivity index (χ4n) is 2.18. The first-order valence-electron chi connectivity index (χ1n) is 6.74. The van der Waals surface area contributed by atoms with Crippen LogP contribution in [0.15, 0.2) is 0 Å². The fraction of sp³-hybridized carbons (Fsp3) is 1.00. The van der Waals surface area contributed by atoms with Crippen molar-refractivity contribution < 1.29 is 4.74 Å². The van der Waals surface area contributed by atoms with Gasteiger partial charge in [0.05, 0.1) is 6.61 Å². The Morgan fingerprint density at radius 2 is 2.00 bits per heavy atom. The van der Waals surface area contributed by atoms with Gasteiger partial charge in [0.25, 0.3) is 0 Å². The molecule has 1 rings (SSSR count). The van der Waals surface area contributed by atoms with Crippen LogP contribution in [0.1, 0.15) is 26.7 Å². The van der Waals surface area contributed by atoms with E-state index in [4.69, 9.17) is 4.74 Å². The summed E-state index contributed by atoms with van der Waals surface area (Å²) in [5, 5.41) is 0. The number of rotatable bonds is 7. The average molecular weight is 260 g/mol. The van der Waals surface area contributed by atoms with Crippen molar-refractivity contribution in [3.8, 4) is 0 Å². The maximum Gasteiger partial charge on any atom is 0.0593 e. The summed E-state index contributed by atoms with van der Waals surface area (Å²) in [4.78, 5) is 4.72. The summed E-state index contributed by atoms with van der Waals surface area (Å²) in [5.41, 5.74) is 0. The van der Waals surface area contributed by atoms with Crippen molar-refractivity contribution in [3.05, 3.63) is 0 Å². The molecule has 0 unspecified atom stereocenters. The zero-order chi connectivity index (χ0) is 12.7. The van der Waals surface area contributed by atoms with Crippen LogP contribution in [0.25, 0.3) is 0 Å². The number of piperidine rings is 1. The number of likely N-dealkylation sites (tertiary alicyclic amines) is 1. The molecule has 0 radical (unpaired) electrons. The molecule has 1 aliphatic heterocycles. The van der Waals surface area contributed by atoms with Crippen LogP contribution in [0.3, 0.4) is 0 Å². The van der Waals surface area contributed by atoms with Crippen LogP contribution in [-0.2, 0) is 4.74 Å². The maximum atomic E-state index is 5.75. The van der Waals surface area contributed by atoms with Gasteiger partial charge in [0, 0.05) is 25.1 Å². The molecule has 102 valence electrons. The van der Waals surface area contributed by atoms with Gasteiger partial charge in [0.15, 0.2) is 0 Å². The van der Waals surface area contributed by atoms with Gasteiger partial charge in [0.2, 0.25) is 0 Å². The molecule has 3 nitrogen and oxygen atoms in total. The Morgan fingerprint density at radius 1 is 1.35 bits per heavy atom. The Bertz CT molecular complexity index is 194. The first kappa shape index (κ1) is 15.3. The summed E-state index contributed by atoms with van der Waals surface area (Å²) in [6, 6.07) is 0.695. The lowest BCUT2D eigenvalue weighted by atomic mass is 9.97. The van der Waals surface area contributed by atoms with Crippen molar-refractivity contribution >= 4 is 12.6 Å². The van der Waals surface area contributed by atoms with Gasteiger partial charge >= 0.3 is 0 Å². The molecule has 0 saturated carbocycles. The molecule has 1 heterocycles. The summed E-state index contributed by atoms with van der Waals surface area (Å²) >= 11 is 4.21. The third kappa shape index (κ3) is 6.09. The molecular formula is C13H28N2OS. The minimum Gasteiger partial charge on any atom is -0.380 e. The summed E-state index contributed by atoms with van der Waals surface area (Å²) < 4.78 is 5.75. The SMILES string of the molecule is CC(C)N1CCC(COCCN(C)CS)CC1. The highest BCUT2D eigenvalue weighted by molar-refractivity contribution is 7.80. The maximum absolute atomic E-state index is 5.75. The van der Waals surface area contributed by atoms with E-state index in [1.54, 1.807) is 0 Å². The Labute approximate surface area is 112 Å². The van der Waals surface area contributed by atoms with Gasteiger partial charge in [-0.05, 0) is 52.7 Å². The molecule has 4 heteroatoms. The van der Waals surface area contributed by atoms with Crippen molar-refractivity contribution in [2.45, 2.75) is 32.7 Å². The third-order valence-electron chi connectivity index (χ3n) is 3.59. The normalized spacial score (nSPS) is 19.4. The number of hydrogen-bond donors (Lipinski definition) is 1. The van der Waals surface area contributed by atoms with Gasteiger partial charge < -0.3 is 9.64 Å². The highest BCUT2D eigenvalue weighted by Crippen LogP contribution is 2.18. The molecule has 0 amide bonds. The Kier molecular flexibility index (Phi) is 7.51. The first-order chi connectivity index (χ1) is 8.13. The van der Waals surface area contributed by atoms with E-state index in [0.717, 1.165) is 31.6 Å². The Balaban J connectivity index is 2.02. The molecule has 1 aliphatic rings. The van der Waals surface area contributed by atoms with E-state index in [0.29, 0.717) is 6.04 Å². The molecule has 0 aliphatic carbocycles. The second kappa shape index (κ2) is 8.35. The molecule has 0 aromatic carbocycles. The van der Waals surface area contributed by atoms with E-state index in [1.807, 2.05) is 0 Å². The minimum absolute atomic E-state index is 0.695. The van der Waals surface area contributed by atoms with Crippen LogP contribution >= 0.6 is 12.6 Å². The standard InChI is InChI=1S/C13H28N2OS/c1-12(2)15-6-4-13(5-7-15)10-16-9-8-14(3)11-17/h12-13,17H,4-11H2,1-3H3. The van der Waals surface area contributed by atoms with Crippen LogP contribution in [0.5, 0.6) is 0 Å². The minimum atomic E-state index is 0.695. The second-order valence-corrected chi connectivity index (χ2v) is 5.65. The monoisotopic (exact) mass is 260 g/mol. The van der Waals surface area contributed by atoms with Crippen LogP contribution in [-0.4, -0.2) is 61.6 Å². The van der Waals surface area contributed by atoms with Gasteiger partial charge in [-0.2, -0.15) is 12.6 Å². The van der Waals surface area contributed by atoms with Gasteiger partial charge in [-0.3, -0.25) is 4.90 Å². The van der Waals surface area contributed by atoms with Crippen LogP contribution in [0.2, 0.25) is 0 Å². The van der Waals surface area contributed by atoms with E-state index in [-0.39, 0.29) is 0 Å². The predicted molar refractivity (Wildman–Crippen MR) is 76.7 cm³/mol. The van der Waals surface area contributed by atoms with E-state index >= 15 is 0 Å². The van der Waals surface area contributed by atoms with E-state index in [1.165, 1.54) is 25.9 Å². The van der Waals surface area contributed by atoms with Crippen LogP contribution in [0.4, 0.5) is 0 Å². The molecule has 0 atom stereocenters. The largest absolute Gasteiger partial charge is 0.380 e. The summed E-state index contributed by atoms with van der Waals surface area (Å²) in [7, 11) is 2.07. The molecular weight excluding hydrogens is 232 g/mol. The highest BCUT2D eigenvalue weighted by atomic mass is 32.1. The lowest BCUT2D eigenvalue weighted by Gasteiger charge is -2.34. The average Bonchev–Trinajstić information content (AvgIpc) is 2.34. The number of ether oxygens (including phenoxy) is 1. The Morgan fingerprint density at radius 3 is 2.53 bits per heavy atom. The zero-order valence-electron chi connectivity index (χ0n) is 11.6. The molecule has 0 aromatic rings. The van der Waals surface area contributed by atoms with Gasteiger partial charge in [-0.25, -0.2) is 0 Å². The molecule has 0 bridgehead atoms. The first-order valence-corrected chi connectivity index (χ1v) is 7.38. The van der Waals surface area contributed by atoms with Gasteiger partial charge in [-0.15, -0.1) is 0 Å². The molecule has 0 N–H and O–H groups in total. The smallest absolute Gasteiger partial charge is 0.0593 e. The van der Waals surface area contributed by atoms with Crippen molar-refractivity contribution in [3.63, 3.8) is 0 Å². The molecule has 1 fully saturated rings. The van der Waals surface area contributed by atoms with Crippen molar-refractivity contribution in [1.82, 2.24) is 9.80 Å². The van der Waals surface area contributed by atoms with E-state index < -0.39 is 0 Å². The van der Waals surface area contributed by atoms with Crippen molar-refractivity contribution in [1.29, 1.82) is 0 Å². The van der Waals surface area contributed by atoms with Crippen molar-refractivity contribution in [2.24, 2.45) is 5.92 Å². The van der Waals surface area contributed by atoms with Crippen molar-refractivity contribution in [2.75, 3.05) is 45.8 Å². The van der Waals surface area contributed by atoms with Crippen LogP contribution < -0.4 is 0 Å². The Hall–Kier alpha value is 0.230. The van der Waals surface area contributed by atoms with Gasteiger partial charge in [0.1, 0.15) is 0 Å². The lowest BCUT2D eigenvalue weighted by molar-refractivity contribution is 0.0528. The second-order valence-electron chi connectivity index (χ2n) is 5.37. The van der Waals surface area contributed by atoms with E-state index in [9.17, 15) is 0 Å². The predicted octanol–water partition coefficient (Wildman–Crippen LogP) is 1.94. The van der Waals surface area contributed by atoms with E-state index in [2.05, 4.69) is 43.3 Å². The topological polar surface area (TPSA) is 15.7 Å². The number of hydrogen-bond acceptors (Lipinski definition) is 4. The quantitative estimate of drug-likeness (QED) is 0.428. The number of thiol groups is 1. The summed E-state index contributed by atoms with van der Waals surface area (Å²) in [5.74, 6) is 1.57.